The van der Waals surface area contributed by atoms with Gasteiger partial charge in [0.05, 0.1) is 18.2 Å². The summed E-state index contributed by atoms with van der Waals surface area (Å²) in [6.45, 7) is 0.276. The van der Waals surface area contributed by atoms with Gasteiger partial charge < -0.3 is 4.57 Å². The van der Waals surface area contributed by atoms with Crippen molar-refractivity contribution in [2.75, 3.05) is 0 Å². The highest BCUT2D eigenvalue weighted by Crippen LogP contribution is 2.20. The molecule has 0 aliphatic heterocycles. The van der Waals surface area contributed by atoms with Crippen LogP contribution in [-0.2, 0) is 6.54 Å². The molecule has 21 heavy (non-hydrogen) atoms. The third-order valence-corrected chi connectivity index (χ3v) is 4.08. The van der Waals surface area contributed by atoms with Crippen molar-refractivity contribution in [3.63, 3.8) is 0 Å². The molecule has 2 aromatic carbocycles. The van der Waals surface area contributed by atoms with Gasteiger partial charge in [-0.3, -0.25) is 4.79 Å². The fourth-order valence-corrected chi connectivity index (χ4v) is 2.84. The highest BCUT2D eigenvalue weighted by molar-refractivity contribution is 9.10. The lowest BCUT2D eigenvalue weighted by Gasteiger charge is -2.06. The van der Waals surface area contributed by atoms with Crippen molar-refractivity contribution in [2.45, 2.75) is 6.54 Å². The van der Waals surface area contributed by atoms with E-state index in [2.05, 4.69) is 22.0 Å². The molecule has 0 N–H and O–H groups in total. The predicted octanol–water partition coefficient (Wildman–Crippen LogP) is 4.16. The van der Waals surface area contributed by atoms with E-state index < -0.39 is 0 Å². The fourth-order valence-electron chi connectivity index (χ4n) is 2.33. The second-order valence-electron chi connectivity index (χ2n) is 4.73. The lowest BCUT2D eigenvalue weighted by Crippen LogP contribution is -2.10. The molecule has 0 saturated heterocycles. The molecule has 0 saturated carbocycles. The zero-order valence-electron chi connectivity index (χ0n) is 11.1. The number of Topliss-reactive ketones (excluding diaryl/α,β-unsaturated/α-hetero) is 1. The van der Waals surface area contributed by atoms with Gasteiger partial charge in [-0.05, 0) is 30.3 Å². The van der Waals surface area contributed by atoms with Gasteiger partial charge in [0.15, 0.2) is 5.78 Å². The minimum Gasteiger partial charge on any atom is -0.340 e. The maximum Gasteiger partial charge on any atom is 0.183 e. The Morgan fingerprint density at radius 2 is 2.00 bits per heavy atom. The molecule has 4 heteroatoms. The number of hydrogen-bond acceptors (Lipinski definition) is 2. The molecule has 3 aromatic rings. The van der Waals surface area contributed by atoms with E-state index >= 15 is 0 Å². The van der Waals surface area contributed by atoms with Crippen molar-refractivity contribution in [3.05, 3.63) is 70.3 Å². The van der Waals surface area contributed by atoms with Gasteiger partial charge in [0, 0.05) is 27.1 Å². The maximum absolute atomic E-state index is 12.4. The molecular formula is C17H11BrN2O. The van der Waals surface area contributed by atoms with Gasteiger partial charge in [-0.15, -0.1) is 0 Å². The minimum atomic E-state index is 0.0457. The Morgan fingerprint density at radius 3 is 2.76 bits per heavy atom. The molecule has 0 fully saturated rings. The molecule has 3 rings (SSSR count). The van der Waals surface area contributed by atoms with E-state index in [1.807, 2.05) is 53.2 Å². The zero-order chi connectivity index (χ0) is 14.8. The van der Waals surface area contributed by atoms with Crippen molar-refractivity contribution in [1.82, 2.24) is 4.57 Å². The Morgan fingerprint density at radius 1 is 1.19 bits per heavy atom. The van der Waals surface area contributed by atoms with Crippen molar-refractivity contribution in [1.29, 1.82) is 5.26 Å². The fraction of sp³-hybridized carbons (Fsp3) is 0.0588. The number of fused-ring (bicyclic) bond motifs is 1. The highest BCUT2D eigenvalue weighted by atomic mass is 79.9. The SMILES string of the molecule is N#Cc1ccc2c(ccn2CC(=O)c2ccccc2Br)c1. The average molecular weight is 339 g/mol. The van der Waals surface area contributed by atoms with E-state index in [4.69, 9.17) is 5.26 Å². The van der Waals surface area contributed by atoms with Crippen molar-refractivity contribution in [2.24, 2.45) is 0 Å². The summed E-state index contributed by atoms with van der Waals surface area (Å²) in [6.07, 6.45) is 1.88. The van der Waals surface area contributed by atoms with Crippen LogP contribution >= 0.6 is 15.9 Å². The molecule has 0 aliphatic carbocycles. The molecule has 0 unspecified atom stereocenters. The van der Waals surface area contributed by atoms with Gasteiger partial charge in [0.1, 0.15) is 0 Å². The molecule has 0 amide bonds. The first-order chi connectivity index (χ1) is 10.2. The van der Waals surface area contributed by atoms with Crippen LogP contribution in [-0.4, -0.2) is 10.4 Å². The first-order valence-electron chi connectivity index (χ1n) is 6.46. The molecule has 3 nitrogen and oxygen atoms in total. The maximum atomic E-state index is 12.4. The molecule has 1 aromatic heterocycles. The lowest BCUT2D eigenvalue weighted by atomic mass is 10.1. The average Bonchev–Trinajstić information content (AvgIpc) is 2.89. The largest absolute Gasteiger partial charge is 0.340 e. The standard InChI is InChI=1S/C17H11BrN2O/c18-15-4-2-1-3-14(15)17(21)11-20-8-7-13-9-12(10-19)5-6-16(13)20/h1-9H,11H2. The number of carbonyl (C=O) groups excluding carboxylic acids is 1. The molecular weight excluding hydrogens is 328 g/mol. The molecule has 0 aliphatic rings. The van der Waals surface area contributed by atoms with Crippen LogP contribution in [0.2, 0.25) is 0 Å². The third kappa shape index (κ3) is 2.61. The summed E-state index contributed by atoms with van der Waals surface area (Å²) in [4.78, 5) is 12.4. The summed E-state index contributed by atoms with van der Waals surface area (Å²) in [5.74, 6) is 0.0457. The Bertz CT molecular complexity index is 874. The Labute approximate surface area is 130 Å². The smallest absolute Gasteiger partial charge is 0.183 e. The molecule has 102 valence electrons. The summed E-state index contributed by atoms with van der Waals surface area (Å²) < 4.78 is 2.70. The quantitative estimate of drug-likeness (QED) is 0.673. The number of rotatable bonds is 3. The van der Waals surface area contributed by atoms with E-state index in [-0.39, 0.29) is 12.3 Å². The van der Waals surface area contributed by atoms with E-state index in [9.17, 15) is 4.79 Å². The van der Waals surface area contributed by atoms with E-state index in [0.29, 0.717) is 11.1 Å². The normalized spacial score (nSPS) is 10.5. The summed E-state index contributed by atoms with van der Waals surface area (Å²) in [5.41, 5.74) is 2.25. The topological polar surface area (TPSA) is 45.8 Å². The van der Waals surface area contributed by atoms with Crippen LogP contribution in [0.5, 0.6) is 0 Å². The summed E-state index contributed by atoms with van der Waals surface area (Å²) >= 11 is 3.40. The van der Waals surface area contributed by atoms with Gasteiger partial charge in [-0.1, -0.05) is 34.1 Å². The number of halogens is 1. The first kappa shape index (κ1) is 13.6. The minimum absolute atomic E-state index is 0.0457. The number of aromatic nitrogens is 1. The molecule has 0 atom stereocenters. The van der Waals surface area contributed by atoms with Gasteiger partial charge in [-0.25, -0.2) is 0 Å². The summed E-state index contributed by atoms with van der Waals surface area (Å²) in [7, 11) is 0. The van der Waals surface area contributed by atoms with E-state index in [1.54, 1.807) is 6.07 Å². The van der Waals surface area contributed by atoms with E-state index in [1.165, 1.54) is 0 Å². The third-order valence-electron chi connectivity index (χ3n) is 3.39. The van der Waals surface area contributed by atoms with Crippen LogP contribution in [0.3, 0.4) is 0 Å². The van der Waals surface area contributed by atoms with Gasteiger partial charge in [0.2, 0.25) is 0 Å². The van der Waals surface area contributed by atoms with Crippen LogP contribution in [0.4, 0.5) is 0 Å². The number of nitrogens with zero attached hydrogens (tertiary/aromatic N) is 2. The van der Waals surface area contributed by atoms with Crippen LogP contribution in [0, 0.1) is 11.3 Å². The van der Waals surface area contributed by atoms with Crippen LogP contribution in [0.15, 0.2) is 59.2 Å². The van der Waals surface area contributed by atoms with E-state index in [0.717, 1.165) is 15.4 Å². The van der Waals surface area contributed by atoms with Crippen LogP contribution in [0.25, 0.3) is 10.9 Å². The second kappa shape index (κ2) is 5.55. The van der Waals surface area contributed by atoms with Crippen molar-refractivity contribution >= 4 is 32.6 Å². The predicted molar refractivity (Wildman–Crippen MR) is 85.1 cm³/mol. The summed E-state index contributed by atoms with van der Waals surface area (Å²) in [5, 5.41) is 9.88. The van der Waals surface area contributed by atoms with Gasteiger partial charge >= 0.3 is 0 Å². The Kier molecular flexibility index (Phi) is 3.59. The number of hydrogen-bond donors (Lipinski definition) is 0. The summed E-state index contributed by atoms with van der Waals surface area (Å²) in [6, 6.07) is 16.9. The van der Waals surface area contributed by atoms with Crippen molar-refractivity contribution in [3.8, 4) is 6.07 Å². The number of nitriles is 1. The molecule has 1 heterocycles. The molecule has 0 bridgehead atoms. The monoisotopic (exact) mass is 338 g/mol. The van der Waals surface area contributed by atoms with Crippen LogP contribution < -0.4 is 0 Å². The Hall–Kier alpha value is -2.38. The Balaban J connectivity index is 1.94. The van der Waals surface area contributed by atoms with Gasteiger partial charge in [-0.2, -0.15) is 5.26 Å². The zero-order valence-corrected chi connectivity index (χ0v) is 12.7. The lowest BCUT2D eigenvalue weighted by molar-refractivity contribution is 0.0973. The first-order valence-corrected chi connectivity index (χ1v) is 7.25. The molecule has 0 radical (unpaired) electrons. The van der Waals surface area contributed by atoms with Crippen LogP contribution in [0.1, 0.15) is 15.9 Å². The number of carbonyl (C=O) groups is 1. The van der Waals surface area contributed by atoms with Crippen molar-refractivity contribution < 1.29 is 4.79 Å². The highest BCUT2D eigenvalue weighted by Gasteiger charge is 2.11. The number of ketones is 1. The molecule has 0 spiro atoms. The van der Waals surface area contributed by atoms with Gasteiger partial charge in [0.25, 0.3) is 0 Å². The number of benzene rings is 2. The second-order valence-corrected chi connectivity index (χ2v) is 5.59.